The number of nitrogens with one attached hydrogen (secondary N) is 2. The normalized spacial score (nSPS) is 32.0. The van der Waals surface area contributed by atoms with Gasteiger partial charge in [0.25, 0.3) is 0 Å². The van der Waals surface area contributed by atoms with Crippen LogP contribution in [-0.4, -0.2) is 21.5 Å². The van der Waals surface area contributed by atoms with Crippen LogP contribution in [0.2, 0.25) is 0 Å². The van der Waals surface area contributed by atoms with E-state index in [9.17, 15) is 16.2 Å². The molecule has 0 saturated heterocycles. The molecule has 2 N–H and O–H groups in total. The molecule has 0 radical (unpaired) electrons. The van der Waals surface area contributed by atoms with Gasteiger partial charge in [-0.05, 0) is 12.8 Å². The molecule has 0 unspecified atom stereocenters. The van der Waals surface area contributed by atoms with Gasteiger partial charge in [-0.1, -0.05) is 30.5 Å². The van der Waals surface area contributed by atoms with Crippen molar-refractivity contribution in [2.45, 2.75) is 39.5 Å². The summed E-state index contributed by atoms with van der Waals surface area (Å²) in [5.74, 6) is 0. The molecule has 0 saturated carbocycles. The zero-order valence-corrected chi connectivity index (χ0v) is 13.9. The van der Waals surface area contributed by atoms with Crippen LogP contribution in [0, 0.1) is 0 Å². The topological polar surface area (TPSA) is 95.3 Å². The lowest BCUT2D eigenvalue weighted by Gasteiger charge is -2.23. The van der Waals surface area contributed by atoms with Crippen LogP contribution in [0.3, 0.4) is 0 Å². The van der Waals surface area contributed by atoms with Crippen molar-refractivity contribution < 1.29 is 16.2 Å². The molecule has 2 atom stereocenters. The fourth-order valence-electron chi connectivity index (χ4n) is 1.44. The highest BCUT2D eigenvalue weighted by atomic mass is 32.3. The molecule has 1 aliphatic rings. The van der Waals surface area contributed by atoms with E-state index in [2.05, 4.69) is 22.2 Å². The highest BCUT2D eigenvalue weighted by Crippen LogP contribution is 2.48. The fourth-order valence-corrected chi connectivity index (χ4v) is 7.82. The summed E-state index contributed by atoms with van der Waals surface area (Å²) in [6, 6.07) is 0. The van der Waals surface area contributed by atoms with Crippen molar-refractivity contribution in [2.24, 2.45) is 12.1 Å². The van der Waals surface area contributed by atoms with Crippen LogP contribution < -0.4 is 10.2 Å². The Bertz CT molecular complexity index is 594. The number of unbranched alkanes of at least 4 members (excludes halogenated alkanes) is 2. The number of hydrogen-bond acceptors (Lipinski definition) is 5. The second kappa shape index (κ2) is 7.26. The van der Waals surface area contributed by atoms with E-state index in [0.29, 0.717) is 13.1 Å². The second-order valence-corrected chi connectivity index (χ2v) is 9.69. The maximum Gasteiger partial charge on any atom is 0.330 e. The maximum atomic E-state index is 13.5. The summed E-state index contributed by atoms with van der Waals surface area (Å²) in [4.78, 5) is 0. The Labute approximate surface area is 119 Å². The molecule has 0 spiro atoms. The van der Waals surface area contributed by atoms with Crippen LogP contribution in [0.1, 0.15) is 39.5 Å². The van der Waals surface area contributed by atoms with E-state index in [-0.39, 0.29) is 0 Å². The zero-order valence-electron chi connectivity index (χ0n) is 11.4. The third-order valence-corrected chi connectivity index (χ3v) is 8.65. The third-order valence-electron chi connectivity index (χ3n) is 2.35. The van der Waals surface area contributed by atoms with E-state index in [4.69, 9.17) is 0 Å². The van der Waals surface area contributed by atoms with E-state index in [1.54, 1.807) is 0 Å². The molecule has 12 heteroatoms. The Morgan fingerprint density at radius 2 is 1.50 bits per heavy atom. The second-order valence-electron chi connectivity index (χ2n) is 4.23. The van der Waals surface area contributed by atoms with Gasteiger partial charge in [-0.3, -0.25) is 10.2 Å². The molecule has 0 aromatic heterocycles. The standard InChI is InChI=1S/C8H20F2N5O2PS2/c1-3-5-7-11-18(12-8-6-4-2)13-19(9,16)15-20(10,17)14-18/h11-12H,3-8H2,1-2H3/t19-,20-/m0/s1. The van der Waals surface area contributed by atoms with Gasteiger partial charge < -0.3 is 0 Å². The molecule has 1 rings (SSSR count). The predicted molar refractivity (Wildman–Crippen MR) is 78.5 cm³/mol. The first-order valence-corrected chi connectivity index (χ1v) is 10.8. The molecule has 0 aliphatic carbocycles. The van der Waals surface area contributed by atoms with Crippen molar-refractivity contribution in [3.05, 3.63) is 0 Å². The minimum Gasteiger partial charge on any atom is -0.252 e. The van der Waals surface area contributed by atoms with E-state index in [0.717, 1.165) is 25.7 Å². The molecular formula is C8H20F2N5O2PS2. The van der Waals surface area contributed by atoms with Crippen molar-refractivity contribution in [3.8, 4) is 0 Å². The van der Waals surface area contributed by atoms with E-state index >= 15 is 0 Å². The molecule has 0 amide bonds. The van der Waals surface area contributed by atoms with Crippen molar-refractivity contribution >= 4 is 28.1 Å². The molecule has 7 nitrogen and oxygen atoms in total. The Morgan fingerprint density at radius 3 is 1.90 bits per heavy atom. The van der Waals surface area contributed by atoms with Gasteiger partial charge in [-0.15, -0.1) is 16.1 Å². The Morgan fingerprint density at radius 1 is 1.00 bits per heavy atom. The zero-order chi connectivity index (χ0) is 15.3. The van der Waals surface area contributed by atoms with Crippen molar-refractivity contribution in [1.82, 2.24) is 10.2 Å². The summed E-state index contributed by atoms with van der Waals surface area (Å²) < 4.78 is 59.0. The van der Waals surface area contributed by atoms with Crippen LogP contribution in [0.25, 0.3) is 0 Å². The molecule has 1 heterocycles. The molecule has 0 bridgehead atoms. The van der Waals surface area contributed by atoms with Crippen LogP contribution in [-0.2, 0) is 20.6 Å². The first-order chi connectivity index (χ1) is 9.24. The van der Waals surface area contributed by atoms with Crippen LogP contribution in [0.15, 0.2) is 12.1 Å². The average Bonchev–Trinajstić information content (AvgIpc) is 2.25. The molecule has 20 heavy (non-hydrogen) atoms. The molecule has 0 fully saturated rings. The minimum atomic E-state index is -4.69. The molecular weight excluding hydrogens is 331 g/mol. The van der Waals surface area contributed by atoms with E-state index < -0.39 is 28.1 Å². The van der Waals surface area contributed by atoms with Gasteiger partial charge in [-0.25, -0.2) is 0 Å². The quantitative estimate of drug-likeness (QED) is 0.399. The van der Waals surface area contributed by atoms with Gasteiger partial charge in [0.15, 0.2) is 0 Å². The Kier molecular flexibility index (Phi) is 6.52. The summed E-state index contributed by atoms with van der Waals surface area (Å²) >= 11 is 0. The average molecular weight is 351 g/mol. The summed E-state index contributed by atoms with van der Waals surface area (Å²) in [6.07, 6.45) is 3.14. The summed E-state index contributed by atoms with van der Waals surface area (Å²) in [6.45, 7) is 4.64. The van der Waals surface area contributed by atoms with Gasteiger partial charge in [0.05, 0.1) is 0 Å². The minimum absolute atomic E-state index is 0.376. The van der Waals surface area contributed by atoms with Crippen molar-refractivity contribution in [2.75, 3.05) is 13.1 Å². The van der Waals surface area contributed by atoms with Gasteiger partial charge in [0.2, 0.25) is 7.51 Å². The lowest BCUT2D eigenvalue weighted by Crippen LogP contribution is -2.25. The first-order valence-electron chi connectivity index (χ1n) is 6.34. The maximum absolute atomic E-state index is 13.5. The number of halogens is 2. The lowest BCUT2D eigenvalue weighted by molar-refractivity contribution is 0.630. The summed E-state index contributed by atoms with van der Waals surface area (Å²) in [5.41, 5.74) is 0. The number of nitrogens with zero attached hydrogens (tertiary/aromatic N) is 3. The molecule has 1 aliphatic heterocycles. The Hall–Kier alpha value is -0.0900. The largest absolute Gasteiger partial charge is 0.330 e. The summed E-state index contributed by atoms with van der Waals surface area (Å²) in [5, 5.41) is 5.55. The van der Waals surface area contributed by atoms with Gasteiger partial charge in [-0.2, -0.15) is 8.42 Å². The van der Waals surface area contributed by atoms with Crippen LogP contribution >= 0.6 is 7.51 Å². The third kappa shape index (κ3) is 5.72. The first kappa shape index (κ1) is 18.0. The SMILES string of the molecule is CCCCNP1(NCCCC)=N[S@@](=O)(F)=N[S@](=O)(F)=N1. The van der Waals surface area contributed by atoms with Crippen LogP contribution in [0.5, 0.6) is 0 Å². The lowest BCUT2D eigenvalue weighted by atomic mass is 10.3. The van der Waals surface area contributed by atoms with Crippen LogP contribution in [0.4, 0.5) is 7.77 Å². The highest BCUT2D eigenvalue weighted by Gasteiger charge is 2.30. The van der Waals surface area contributed by atoms with Crippen molar-refractivity contribution in [3.63, 3.8) is 0 Å². The van der Waals surface area contributed by atoms with Gasteiger partial charge in [0.1, 0.15) is 0 Å². The molecule has 120 valence electrons. The molecule has 0 aromatic rings. The highest BCUT2D eigenvalue weighted by molar-refractivity contribution is 8.04. The van der Waals surface area contributed by atoms with Crippen molar-refractivity contribution in [1.29, 1.82) is 0 Å². The van der Waals surface area contributed by atoms with Gasteiger partial charge in [0, 0.05) is 13.1 Å². The monoisotopic (exact) mass is 351 g/mol. The predicted octanol–water partition coefficient (Wildman–Crippen LogP) is 3.26. The molecule has 0 aromatic carbocycles. The van der Waals surface area contributed by atoms with E-state index in [1.165, 1.54) is 0 Å². The number of rotatable bonds is 8. The fraction of sp³-hybridized carbons (Fsp3) is 1.00. The Balaban J connectivity index is 3.14. The smallest absolute Gasteiger partial charge is 0.252 e. The van der Waals surface area contributed by atoms with E-state index in [1.807, 2.05) is 13.8 Å². The van der Waals surface area contributed by atoms with Gasteiger partial charge >= 0.3 is 20.6 Å². The summed E-state index contributed by atoms with van der Waals surface area (Å²) in [7, 11) is -12.7. The number of hydrogen-bond donors (Lipinski definition) is 2.